The molecule has 7 atom stereocenters. The molecule has 5 unspecified atom stereocenters. The minimum Gasteiger partial charge on any atom is -0.415 e. The number of hydrogen-bond acceptors (Lipinski definition) is 7. The van der Waals surface area contributed by atoms with Crippen LogP contribution in [0, 0.1) is 11.3 Å². The fraction of sp³-hybridized carbons (Fsp3) is 0.581. The molecule has 1 heterocycles. The van der Waals surface area contributed by atoms with E-state index in [4.69, 9.17) is 28.1 Å². The van der Waals surface area contributed by atoms with Crippen LogP contribution in [0.15, 0.2) is 91.0 Å². The highest BCUT2D eigenvalue weighted by molar-refractivity contribution is 6.77. The van der Waals surface area contributed by atoms with Crippen LogP contribution in [0.25, 0.3) is 0 Å². The van der Waals surface area contributed by atoms with Crippen LogP contribution in [0.3, 0.4) is 0 Å². The summed E-state index contributed by atoms with van der Waals surface area (Å²) in [5.74, 6) is 0.508. The average Bonchev–Trinajstić information content (AvgIpc) is 3.84. The van der Waals surface area contributed by atoms with Gasteiger partial charge >= 0.3 is 0 Å². The number of ether oxygens (including phenoxy) is 5. The van der Waals surface area contributed by atoms with Crippen LogP contribution in [-0.4, -0.2) is 64.0 Å². The van der Waals surface area contributed by atoms with Crippen molar-refractivity contribution < 1.29 is 33.2 Å². The molecule has 51 heavy (non-hydrogen) atoms. The van der Waals surface area contributed by atoms with Gasteiger partial charge in [0.15, 0.2) is 14.6 Å². The van der Waals surface area contributed by atoms with Crippen molar-refractivity contribution in [1.29, 1.82) is 0 Å². The quantitative estimate of drug-likeness (QED) is 0.117. The van der Waals surface area contributed by atoms with E-state index in [1.807, 2.05) is 91.0 Å². The van der Waals surface area contributed by atoms with Gasteiger partial charge in [0.2, 0.25) is 0 Å². The monoisotopic (exact) mass is 718 g/mol. The first-order valence-electron chi connectivity index (χ1n) is 19.1. The Hall–Kier alpha value is -2.40. The fourth-order valence-corrected chi connectivity index (χ4v) is 13.9. The van der Waals surface area contributed by atoms with Gasteiger partial charge in [0.25, 0.3) is 0 Å². The first-order chi connectivity index (χ1) is 24.6. The van der Waals surface area contributed by atoms with Crippen molar-refractivity contribution in [3.05, 3.63) is 108 Å². The number of benzene rings is 3. The maximum Gasteiger partial charge on any atom is 0.200 e. The zero-order valence-corrected chi connectivity index (χ0v) is 32.9. The first-order valence-corrected chi connectivity index (χ1v) is 21.3. The third kappa shape index (κ3) is 9.98. The second-order valence-corrected chi connectivity index (χ2v) is 21.1. The lowest BCUT2D eigenvalue weighted by Crippen LogP contribution is -2.61. The summed E-state index contributed by atoms with van der Waals surface area (Å²) < 4.78 is 39.8. The van der Waals surface area contributed by atoms with E-state index in [1.54, 1.807) is 0 Å². The zero-order valence-electron chi connectivity index (χ0n) is 31.9. The molecule has 2 aliphatic rings. The summed E-state index contributed by atoms with van der Waals surface area (Å²) in [7, 11) is -2.07. The van der Waals surface area contributed by atoms with E-state index >= 15 is 0 Å². The minimum atomic E-state index is -2.07. The van der Waals surface area contributed by atoms with Crippen LogP contribution in [0.1, 0.15) is 78.0 Å². The summed E-state index contributed by atoms with van der Waals surface area (Å²) in [6, 6.07) is 30.2. The van der Waals surface area contributed by atoms with Crippen molar-refractivity contribution in [3.8, 4) is 0 Å². The van der Waals surface area contributed by atoms with Crippen LogP contribution in [0.5, 0.6) is 0 Å². The van der Waals surface area contributed by atoms with E-state index in [0.29, 0.717) is 55.6 Å². The fourth-order valence-electron chi connectivity index (χ4n) is 8.38. The van der Waals surface area contributed by atoms with Crippen LogP contribution in [0.2, 0.25) is 16.6 Å². The van der Waals surface area contributed by atoms with Crippen molar-refractivity contribution in [2.24, 2.45) is 11.3 Å². The maximum absolute atomic E-state index is 12.0. The Bertz CT molecular complexity index is 1400. The molecule has 0 bridgehead atoms. The van der Waals surface area contributed by atoms with E-state index < -0.39 is 39.0 Å². The largest absolute Gasteiger partial charge is 0.415 e. The Morgan fingerprint density at radius 1 is 0.686 bits per heavy atom. The third-order valence-electron chi connectivity index (χ3n) is 11.3. The van der Waals surface area contributed by atoms with Crippen LogP contribution >= 0.6 is 0 Å². The number of aliphatic hydroxyl groups is 1. The lowest BCUT2D eigenvalue weighted by molar-refractivity contribution is -0.321. The van der Waals surface area contributed by atoms with Gasteiger partial charge in [-0.1, -0.05) is 146 Å². The molecule has 1 aliphatic heterocycles. The van der Waals surface area contributed by atoms with Crippen molar-refractivity contribution in [3.63, 3.8) is 0 Å². The van der Waals surface area contributed by atoms with Gasteiger partial charge in [-0.3, -0.25) is 0 Å². The van der Waals surface area contributed by atoms with Gasteiger partial charge in [0.1, 0.15) is 24.4 Å². The van der Waals surface area contributed by atoms with Gasteiger partial charge in [0, 0.05) is 12.0 Å². The molecule has 0 spiro atoms. The number of aliphatic hydroxyl groups excluding tert-OH is 1. The van der Waals surface area contributed by atoms with Gasteiger partial charge in [-0.15, -0.1) is 0 Å². The van der Waals surface area contributed by atoms with E-state index in [-0.39, 0.29) is 12.0 Å². The maximum atomic E-state index is 12.0. The van der Waals surface area contributed by atoms with Crippen molar-refractivity contribution in [2.45, 2.75) is 128 Å². The summed E-state index contributed by atoms with van der Waals surface area (Å²) in [5, 5.41) is 12.0. The lowest BCUT2D eigenvalue weighted by atomic mass is 9.98. The van der Waals surface area contributed by atoms with E-state index in [1.165, 1.54) is 0 Å². The van der Waals surface area contributed by atoms with E-state index in [2.05, 4.69) is 48.5 Å². The molecule has 5 rings (SSSR count). The van der Waals surface area contributed by atoms with Crippen molar-refractivity contribution in [1.82, 2.24) is 0 Å². The molecule has 0 radical (unpaired) electrons. The standard InChI is InChI=1S/C43H62O7Si/c1-8-37-24-43(37,30-49-51(31(2)3,32(4)5)33(6)7)29-48-42-39(44)41(47-27-36-22-16-11-17-23-36)40(46-26-35-20-14-10-15-21-35)38(50-42)28-45-25-34-18-12-9-13-19-34/h9-23,31-33,37-42,44H,8,24-30H2,1-7H3/t37-,38?,39?,40?,41?,42?,43-/m1/s1. The third-order valence-corrected chi connectivity index (χ3v) is 17.3. The summed E-state index contributed by atoms with van der Waals surface area (Å²) >= 11 is 0. The van der Waals surface area contributed by atoms with Crippen molar-refractivity contribution >= 4 is 8.32 Å². The van der Waals surface area contributed by atoms with Gasteiger partial charge < -0.3 is 33.2 Å². The van der Waals surface area contributed by atoms with E-state index in [0.717, 1.165) is 29.5 Å². The molecular weight excluding hydrogens is 657 g/mol. The lowest BCUT2D eigenvalue weighted by Gasteiger charge is -2.45. The van der Waals surface area contributed by atoms with Gasteiger partial charge in [-0.2, -0.15) is 0 Å². The molecular formula is C43H62O7Si. The number of hydrogen-bond donors (Lipinski definition) is 1. The zero-order chi connectivity index (χ0) is 36.4. The predicted molar refractivity (Wildman–Crippen MR) is 205 cm³/mol. The molecule has 1 N–H and O–H groups in total. The second kappa shape index (κ2) is 18.6. The molecule has 2 fully saturated rings. The van der Waals surface area contributed by atoms with E-state index in [9.17, 15) is 5.11 Å². The summed E-state index contributed by atoms with van der Waals surface area (Å²) in [6.45, 7) is 18.7. The summed E-state index contributed by atoms with van der Waals surface area (Å²) in [6.07, 6.45) is -1.73. The molecule has 3 aromatic carbocycles. The first kappa shape index (κ1) is 39.8. The van der Waals surface area contributed by atoms with Gasteiger partial charge in [-0.25, -0.2) is 0 Å². The Kier molecular flexibility index (Phi) is 14.5. The van der Waals surface area contributed by atoms with Crippen LogP contribution in [-0.2, 0) is 47.9 Å². The minimum absolute atomic E-state index is 0.102. The number of rotatable bonds is 20. The molecule has 1 aliphatic carbocycles. The molecule has 7 nitrogen and oxygen atoms in total. The van der Waals surface area contributed by atoms with Crippen LogP contribution < -0.4 is 0 Å². The molecule has 3 aromatic rings. The normalized spacial score (nSPS) is 26.6. The Morgan fingerprint density at radius 2 is 1.18 bits per heavy atom. The highest BCUT2D eigenvalue weighted by atomic mass is 28.4. The SMILES string of the molecule is CC[C@@H]1C[C@@]1(COC1OC(COCc2ccccc2)C(OCc2ccccc2)C(OCc2ccccc2)C1O)CO[Si](C(C)C)(C(C)C)C(C)C. The Labute approximate surface area is 308 Å². The summed E-state index contributed by atoms with van der Waals surface area (Å²) in [4.78, 5) is 0. The average molecular weight is 719 g/mol. The molecule has 280 valence electrons. The van der Waals surface area contributed by atoms with Gasteiger partial charge in [0.05, 0.1) is 33.0 Å². The molecule has 1 saturated carbocycles. The smallest absolute Gasteiger partial charge is 0.200 e. The topological polar surface area (TPSA) is 75.6 Å². The molecule has 1 saturated heterocycles. The van der Waals surface area contributed by atoms with Crippen LogP contribution in [0.4, 0.5) is 0 Å². The Morgan fingerprint density at radius 3 is 1.65 bits per heavy atom. The Balaban J connectivity index is 1.36. The highest BCUT2D eigenvalue weighted by Gasteiger charge is 2.57. The predicted octanol–water partition coefficient (Wildman–Crippen LogP) is 9.08. The van der Waals surface area contributed by atoms with Gasteiger partial charge in [-0.05, 0) is 45.7 Å². The molecule has 0 amide bonds. The molecule has 0 aromatic heterocycles. The van der Waals surface area contributed by atoms with Crippen molar-refractivity contribution in [2.75, 3.05) is 19.8 Å². The highest BCUT2D eigenvalue weighted by Crippen LogP contribution is 2.56. The summed E-state index contributed by atoms with van der Waals surface area (Å²) in [5.41, 5.74) is 4.53. The second-order valence-electron chi connectivity index (χ2n) is 15.6. The molecule has 8 heteroatoms.